The number of carbonyl (C=O) groups is 1. The Kier molecular flexibility index (Phi) is 1.85. The molecule has 0 aromatic rings. The molecule has 3 aliphatic rings. The van der Waals surface area contributed by atoms with Crippen LogP contribution < -0.4 is 0 Å². The quantitative estimate of drug-likeness (QED) is 0.568. The van der Waals surface area contributed by atoms with Crippen molar-refractivity contribution in [2.45, 2.75) is 46.5 Å². The minimum atomic E-state index is 0.184. The minimum absolute atomic E-state index is 0.184. The predicted molar refractivity (Wildman–Crippen MR) is 65.0 cm³/mol. The molecule has 4 atom stereocenters. The molecule has 3 aliphatic carbocycles. The van der Waals surface area contributed by atoms with Crippen molar-refractivity contribution < 1.29 is 4.79 Å². The zero-order valence-electron chi connectivity index (χ0n) is 10.7. The fraction of sp³-hybridized carbons (Fsp3) is 0.800. The van der Waals surface area contributed by atoms with E-state index in [0.29, 0.717) is 23.0 Å². The normalized spacial score (nSPS) is 49.6. The van der Waals surface area contributed by atoms with E-state index in [2.05, 4.69) is 27.4 Å². The number of Topliss-reactive ketones (excluding diaryl/α,β-unsaturated/α-hetero) is 1. The van der Waals surface area contributed by atoms with Crippen LogP contribution in [0.15, 0.2) is 12.2 Å². The smallest absolute Gasteiger partial charge is 0.159 e. The van der Waals surface area contributed by atoms with E-state index < -0.39 is 0 Å². The van der Waals surface area contributed by atoms with Crippen molar-refractivity contribution in [3.63, 3.8) is 0 Å². The maximum Gasteiger partial charge on any atom is 0.159 e. The largest absolute Gasteiger partial charge is 0.295 e. The topological polar surface area (TPSA) is 17.1 Å². The second-order valence-corrected chi connectivity index (χ2v) is 7.00. The van der Waals surface area contributed by atoms with Crippen LogP contribution in [0.2, 0.25) is 0 Å². The van der Waals surface area contributed by atoms with Gasteiger partial charge in [0.2, 0.25) is 0 Å². The van der Waals surface area contributed by atoms with Crippen molar-refractivity contribution in [1.82, 2.24) is 0 Å². The molecule has 0 aliphatic heterocycles. The minimum Gasteiger partial charge on any atom is -0.295 e. The van der Waals surface area contributed by atoms with Crippen LogP contribution >= 0.6 is 0 Å². The van der Waals surface area contributed by atoms with E-state index in [1.54, 1.807) is 0 Å². The molecule has 1 nitrogen and oxygen atoms in total. The van der Waals surface area contributed by atoms with Crippen molar-refractivity contribution in [3.05, 3.63) is 12.2 Å². The number of ketones is 1. The Morgan fingerprint density at radius 3 is 2.56 bits per heavy atom. The summed E-state index contributed by atoms with van der Waals surface area (Å²) < 4.78 is 0. The van der Waals surface area contributed by atoms with E-state index in [1.807, 2.05) is 0 Å². The van der Waals surface area contributed by atoms with Crippen LogP contribution in [0.4, 0.5) is 0 Å². The summed E-state index contributed by atoms with van der Waals surface area (Å²) in [6.45, 7) is 11.3. The number of rotatable bonds is 0. The van der Waals surface area contributed by atoms with Crippen LogP contribution in [-0.2, 0) is 4.79 Å². The standard InChI is InChI=1S/C15H22O/c1-9-5-6-11-12-7-13(16)10(2)15(9,12)8-14(11,3)4/h9,11-12H,2,5-8H2,1,3-4H3/t9?,11?,12?,15-/m1/s1. The van der Waals surface area contributed by atoms with Gasteiger partial charge >= 0.3 is 0 Å². The lowest BCUT2D eigenvalue weighted by Gasteiger charge is -2.41. The molecule has 1 heteroatoms. The zero-order chi connectivity index (χ0) is 11.7. The van der Waals surface area contributed by atoms with Gasteiger partial charge in [0.05, 0.1) is 0 Å². The first-order chi connectivity index (χ1) is 7.39. The van der Waals surface area contributed by atoms with Gasteiger partial charge in [0.25, 0.3) is 0 Å². The molecule has 0 amide bonds. The average molecular weight is 218 g/mol. The predicted octanol–water partition coefficient (Wildman–Crippen LogP) is 3.59. The van der Waals surface area contributed by atoms with Crippen molar-refractivity contribution >= 4 is 5.78 Å². The Morgan fingerprint density at radius 2 is 1.94 bits per heavy atom. The molecular weight excluding hydrogens is 196 g/mol. The Balaban J connectivity index is 2.14. The molecule has 0 heterocycles. The monoisotopic (exact) mass is 218 g/mol. The second kappa shape index (κ2) is 2.80. The van der Waals surface area contributed by atoms with E-state index in [0.717, 1.165) is 17.9 Å². The molecule has 3 unspecified atom stereocenters. The van der Waals surface area contributed by atoms with Gasteiger partial charge in [0, 0.05) is 11.8 Å². The van der Waals surface area contributed by atoms with Gasteiger partial charge in [-0.2, -0.15) is 0 Å². The highest BCUT2D eigenvalue weighted by Gasteiger charge is 2.66. The van der Waals surface area contributed by atoms with Crippen molar-refractivity contribution in [3.8, 4) is 0 Å². The average Bonchev–Trinajstić information content (AvgIpc) is 2.51. The summed E-state index contributed by atoms with van der Waals surface area (Å²) in [6.07, 6.45) is 4.59. The number of hydrogen-bond acceptors (Lipinski definition) is 1. The van der Waals surface area contributed by atoms with E-state index in [9.17, 15) is 4.79 Å². The summed E-state index contributed by atoms with van der Waals surface area (Å²) in [4.78, 5) is 12.0. The van der Waals surface area contributed by atoms with Gasteiger partial charge in [-0.25, -0.2) is 0 Å². The maximum atomic E-state index is 12.0. The van der Waals surface area contributed by atoms with Crippen LogP contribution in [0.5, 0.6) is 0 Å². The van der Waals surface area contributed by atoms with Gasteiger partial charge < -0.3 is 0 Å². The lowest BCUT2D eigenvalue weighted by Crippen LogP contribution is -2.35. The molecule has 3 rings (SSSR count). The van der Waals surface area contributed by atoms with Gasteiger partial charge in [-0.05, 0) is 48.0 Å². The summed E-state index contributed by atoms with van der Waals surface area (Å²) in [5.74, 6) is 2.40. The maximum absolute atomic E-state index is 12.0. The van der Waals surface area contributed by atoms with E-state index in [4.69, 9.17) is 0 Å². The summed E-state index contributed by atoms with van der Waals surface area (Å²) in [6, 6.07) is 0. The van der Waals surface area contributed by atoms with E-state index in [-0.39, 0.29) is 5.41 Å². The molecule has 0 saturated heterocycles. The molecule has 0 N–H and O–H groups in total. The van der Waals surface area contributed by atoms with E-state index >= 15 is 0 Å². The first-order valence-corrected chi connectivity index (χ1v) is 6.62. The zero-order valence-corrected chi connectivity index (χ0v) is 10.7. The fourth-order valence-corrected chi connectivity index (χ4v) is 5.27. The highest BCUT2D eigenvalue weighted by molar-refractivity contribution is 5.99. The van der Waals surface area contributed by atoms with E-state index in [1.165, 1.54) is 19.3 Å². The first kappa shape index (κ1) is 10.6. The molecule has 3 saturated carbocycles. The van der Waals surface area contributed by atoms with Crippen LogP contribution in [0.3, 0.4) is 0 Å². The highest BCUT2D eigenvalue weighted by Crippen LogP contribution is 2.71. The summed E-state index contributed by atoms with van der Waals surface area (Å²) >= 11 is 0. The third-order valence-electron chi connectivity index (χ3n) is 5.99. The first-order valence-electron chi connectivity index (χ1n) is 6.62. The number of hydrogen-bond donors (Lipinski definition) is 0. The molecule has 2 bridgehead atoms. The van der Waals surface area contributed by atoms with Crippen molar-refractivity contribution in [2.24, 2.45) is 28.6 Å². The molecular formula is C15H22O. The molecule has 0 aromatic carbocycles. The molecule has 88 valence electrons. The molecule has 0 spiro atoms. The van der Waals surface area contributed by atoms with Crippen molar-refractivity contribution in [1.29, 1.82) is 0 Å². The molecule has 3 fully saturated rings. The summed E-state index contributed by atoms with van der Waals surface area (Å²) in [7, 11) is 0. The number of allylic oxidation sites excluding steroid dienone is 1. The molecule has 0 aromatic heterocycles. The fourth-order valence-electron chi connectivity index (χ4n) is 5.27. The van der Waals surface area contributed by atoms with Gasteiger partial charge in [0.15, 0.2) is 5.78 Å². The second-order valence-electron chi connectivity index (χ2n) is 7.00. The molecule has 16 heavy (non-hydrogen) atoms. The Morgan fingerprint density at radius 1 is 1.25 bits per heavy atom. The third kappa shape index (κ3) is 0.959. The SMILES string of the molecule is C=C1C(=O)CC2C3CCC(C)[C@]12CC3(C)C. The Hall–Kier alpha value is -0.590. The van der Waals surface area contributed by atoms with Crippen LogP contribution in [0.25, 0.3) is 0 Å². The summed E-state index contributed by atoms with van der Waals surface area (Å²) in [5, 5.41) is 0. The Bertz CT molecular complexity index is 379. The Labute approximate surface area is 98.3 Å². The number of carbonyl (C=O) groups excluding carboxylic acids is 1. The van der Waals surface area contributed by atoms with Gasteiger partial charge in [-0.15, -0.1) is 0 Å². The lowest BCUT2D eigenvalue weighted by molar-refractivity contribution is -0.115. The van der Waals surface area contributed by atoms with Crippen LogP contribution in [0.1, 0.15) is 46.5 Å². The summed E-state index contributed by atoms with van der Waals surface area (Å²) in [5.41, 5.74) is 1.57. The lowest BCUT2D eigenvalue weighted by atomic mass is 9.62. The molecule has 0 radical (unpaired) electrons. The van der Waals surface area contributed by atoms with Gasteiger partial charge in [-0.3, -0.25) is 4.79 Å². The highest BCUT2D eigenvalue weighted by atomic mass is 16.1. The van der Waals surface area contributed by atoms with Crippen LogP contribution in [-0.4, -0.2) is 5.78 Å². The van der Waals surface area contributed by atoms with Crippen molar-refractivity contribution in [2.75, 3.05) is 0 Å². The van der Waals surface area contributed by atoms with Gasteiger partial charge in [0.1, 0.15) is 0 Å². The van der Waals surface area contributed by atoms with Crippen LogP contribution in [0, 0.1) is 28.6 Å². The third-order valence-corrected chi connectivity index (χ3v) is 5.99. The van der Waals surface area contributed by atoms with Gasteiger partial charge in [-0.1, -0.05) is 27.4 Å².